The van der Waals surface area contributed by atoms with Crippen molar-refractivity contribution in [1.82, 2.24) is 14.6 Å². The van der Waals surface area contributed by atoms with Crippen molar-refractivity contribution in [2.24, 2.45) is 0 Å². The number of pyridine rings is 1. The van der Waals surface area contributed by atoms with Crippen LogP contribution in [0.15, 0.2) is 22.9 Å². The summed E-state index contributed by atoms with van der Waals surface area (Å²) in [6.45, 7) is 0. The second-order valence-electron chi connectivity index (χ2n) is 2.10. The van der Waals surface area contributed by atoms with Crippen molar-refractivity contribution in [3.63, 3.8) is 0 Å². The first-order chi connectivity index (χ1) is 5.29. The molecule has 11 heavy (non-hydrogen) atoms. The lowest BCUT2D eigenvalue weighted by Gasteiger charge is -1.97. The van der Waals surface area contributed by atoms with Gasteiger partial charge in [-0.15, -0.1) is 0 Å². The van der Waals surface area contributed by atoms with Crippen LogP contribution < -0.4 is 5.73 Å². The second-order valence-corrected chi connectivity index (χ2v) is 2.96. The molecule has 0 fully saturated rings. The predicted octanol–water partition coefficient (Wildman–Crippen LogP) is 1.07. The molecule has 5 heteroatoms. The molecule has 4 nitrogen and oxygen atoms in total. The van der Waals surface area contributed by atoms with Gasteiger partial charge in [0.15, 0.2) is 5.65 Å². The van der Waals surface area contributed by atoms with E-state index in [4.69, 9.17) is 5.73 Å². The summed E-state index contributed by atoms with van der Waals surface area (Å²) in [6, 6.07) is 3.62. The number of nitrogen functional groups attached to an aromatic ring is 1. The van der Waals surface area contributed by atoms with Crippen molar-refractivity contribution in [2.45, 2.75) is 0 Å². The molecule has 56 valence electrons. The Morgan fingerprint density at radius 2 is 2.27 bits per heavy atom. The number of nitrogens with two attached hydrogens (primary N) is 1. The van der Waals surface area contributed by atoms with Gasteiger partial charge in [0.25, 0.3) is 0 Å². The summed E-state index contributed by atoms with van der Waals surface area (Å²) in [5.41, 5.74) is 6.35. The molecule has 0 aromatic carbocycles. The number of hydrogen-bond acceptors (Lipinski definition) is 3. The Morgan fingerprint density at radius 1 is 1.45 bits per heavy atom. The molecule has 0 atom stereocenters. The normalized spacial score (nSPS) is 10.6. The van der Waals surface area contributed by atoms with Gasteiger partial charge in [-0.25, -0.2) is 4.98 Å². The van der Waals surface area contributed by atoms with Gasteiger partial charge in [-0.05, 0) is 28.1 Å². The van der Waals surface area contributed by atoms with Crippen molar-refractivity contribution in [2.75, 3.05) is 5.73 Å². The maximum absolute atomic E-state index is 5.61. The summed E-state index contributed by atoms with van der Waals surface area (Å²) >= 11 is 3.33. The van der Waals surface area contributed by atoms with Crippen LogP contribution in [0, 0.1) is 0 Å². The molecule has 2 aromatic heterocycles. The number of fused-ring (bicyclic) bond motifs is 1. The van der Waals surface area contributed by atoms with Gasteiger partial charge < -0.3 is 5.73 Å². The average molecular weight is 213 g/mol. The van der Waals surface area contributed by atoms with Crippen LogP contribution in [0.25, 0.3) is 5.65 Å². The van der Waals surface area contributed by atoms with Crippen LogP contribution in [0.3, 0.4) is 0 Å². The molecule has 0 aliphatic rings. The molecule has 2 heterocycles. The van der Waals surface area contributed by atoms with Gasteiger partial charge in [0.2, 0.25) is 0 Å². The highest BCUT2D eigenvalue weighted by Gasteiger charge is 2.01. The van der Waals surface area contributed by atoms with E-state index >= 15 is 0 Å². The molecular formula is C6H5BrN4. The van der Waals surface area contributed by atoms with Gasteiger partial charge in [0, 0.05) is 0 Å². The zero-order chi connectivity index (χ0) is 7.84. The van der Waals surface area contributed by atoms with Crippen LogP contribution in [0.5, 0.6) is 0 Å². The van der Waals surface area contributed by atoms with Crippen LogP contribution in [-0.4, -0.2) is 14.6 Å². The van der Waals surface area contributed by atoms with E-state index in [1.54, 1.807) is 10.6 Å². The van der Waals surface area contributed by atoms with Gasteiger partial charge in [0.1, 0.15) is 12.1 Å². The van der Waals surface area contributed by atoms with Crippen LogP contribution in [0.1, 0.15) is 0 Å². The molecule has 2 rings (SSSR count). The van der Waals surface area contributed by atoms with E-state index < -0.39 is 0 Å². The fourth-order valence-electron chi connectivity index (χ4n) is 0.897. The Labute approximate surface area is 71.2 Å². The van der Waals surface area contributed by atoms with E-state index in [0.717, 1.165) is 10.1 Å². The topological polar surface area (TPSA) is 56.2 Å². The minimum Gasteiger partial charge on any atom is -0.384 e. The number of rotatable bonds is 0. The summed E-state index contributed by atoms with van der Waals surface area (Å²) in [6.07, 6.45) is 1.47. The Morgan fingerprint density at radius 3 is 3.00 bits per heavy atom. The van der Waals surface area contributed by atoms with Crippen LogP contribution in [0.2, 0.25) is 0 Å². The third kappa shape index (κ3) is 0.883. The summed E-state index contributed by atoms with van der Waals surface area (Å²) in [5, 5.41) is 3.93. The highest BCUT2D eigenvalue weighted by atomic mass is 79.9. The predicted molar refractivity (Wildman–Crippen MR) is 45.1 cm³/mol. The highest BCUT2D eigenvalue weighted by molar-refractivity contribution is 9.10. The lowest BCUT2D eigenvalue weighted by molar-refractivity contribution is 0.971. The Balaban J connectivity index is 2.96. The van der Waals surface area contributed by atoms with E-state index in [1.807, 2.05) is 6.07 Å². The quantitative estimate of drug-likeness (QED) is 0.712. The number of halogens is 1. The summed E-state index contributed by atoms with van der Waals surface area (Å²) < 4.78 is 2.47. The number of anilines is 1. The van der Waals surface area contributed by atoms with Crippen LogP contribution >= 0.6 is 15.9 Å². The Bertz CT molecular complexity index is 358. The first kappa shape index (κ1) is 6.60. The smallest absolute Gasteiger partial charge is 0.171 e. The minimum absolute atomic E-state index is 0.584. The largest absolute Gasteiger partial charge is 0.384 e. The van der Waals surface area contributed by atoms with Crippen molar-refractivity contribution >= 4 is 27.4 Å². The fourth-order valence-corrected chi connectivity index (χ4v) is 1.30. The lowest BCUT2D eigenvalue weighted by atomic mass is 10.4. The van der Waals surface area contributed by atoms with E-state index in [0.29, 0.717) is 5.82 Å². The molecule has 0 bridgehead atoms. The second kappa shape index (κ2) is 2.20. The first-order valence-electron chi connectivity index (χ1n) is 3.03. The molecular weight excluding hydrogens is 208 g/mol. The number of hydrogen-bond donors (Lipinski definition) is 1. The monoisotopic (exact) mass is 212 g/mol. The van der Waals surface area contributed by atoms with E-state index in [1.165, 1.54) is 6.33 Å². The standard InChI is InChI=1S/C6H5BrN4/c7-4-1-2-5(8)11-6(4)9-3-10-11/h1-3H,8H2. The molecule has 0 aliphatic heterocycles. The van der Waals surface area contributed by atoms with Gasteiger partial charge in [-0.2, -0.15) is 9.61 Å². The molecule has 0 unspecified atom stereocenters. The molecule has 0 aliphatic carbocycles. The molecule has 0 saturated heterocycles. The number of nitrogens with zero attached hydrogens (tertiary/aromatic N) is 3. The van der Waals surface area contributed by atoms with Crippen molar-refractivity contribution in [1.29, 1.82) is 0 Å². The summed E-state index contributed by atoms with van der Waals surface area (Å²) in [5.74, 6) is 0.584. The van der Waals surface area contributed by atoms with E-state index in [-0.39, 0.29) is 0 Å². The fraction of sp³-hybridized carbons (Fsp3) is 0. The number of aromatic nitrogens is 3. The van der Waals surface area contributed by atoms with Crippen LogP contribution in [-0.2, 0) is 0 Å². The van der Waals surface area contributed by atoms with Crippen LogP contribution in [0.4, 0.5) is 5.82 Å². The third-order valence-electron chi connectivity index (χ3n) is 1.41. The molecule has 0 spiro atoms. The summed E-state index contributed by atoms with van der Waals surface area (Å²) in [7, 11) is 0. The molecule has 2 aromatic rings. The van der Waals surface area contributed by atoms with Gasteiger partial charge in [-0.3, -0.25) is 0 Å². The average Bonchev–Trinajstić information content (AvgIpc) is 2.45. The SMILES string of the molecule is Nc1ccc(Br)c2ncnn12. The van der Waals surface area contributed by atoms with E-state index in [2.05, 4.69) is 26.0 Å². The molecule has 0 amide bonds. The molecule has 2 N–H and O–H groups in total. The maximum atomic E-state index is 5.61. The van der Waals surface area contributed by atoms with Crippen molar-refractivity contribution in [3.8, 4) is 0 Å². The third-order valence-corrected chi connectivity index (χ3v) is 2.03. The first-order valence-corrected chi connectivity index (χ1v) is 3.82. The Hall–Kier alpha value is -1.10. The minimum atomic E-state index is 0.584. The molecule has 0 radical (unpaired) electrons. The molecule has 0 saturated carbocycles. The van der Waals surface area contributed by atoms with Gasteiger partial charge in [0.05, 0.1) is 4.47 Å². The summed E-state index contributed by atoms with van der Waals surface area (Å²) in [4.78, 5) is 4.00. The van der Waals surface area contributed by atoms with Crippen molar-refractivity contribution in [3.05, 3.63) is 22.9 Å². The van der Waals surface area contributed by atoms with Crippen molar-refractivity contribution < 1.29 is 0 Å². The van der Waals surface area contributed by atoms with E-state index in [9.17, 15) is 0 Å². The highest BCUT2D eigenvalue weighted by Crippen LogP contribution is 2.17. The Kier molecular flexibility index (Phi) is 1.32. The zero-order valence-corrected chi connectivity index (χ0v) is 7.12. The zero-order valence-electron chi connectivity index (χ0n) is 5.53. The van der Waals surface area contributed by atoms with Gasteiger partial charge >= 0.3 is 0 Å². The maximum Gasteiger partial charge on any atom is 0.171 e. The lowest BCUT2D eigenvalue weighted by Crippen LogP contribution is -1.97. The van der Waals surface area contributed by atoms with Gasteiger partial charge in [-0.1, -0.05) is 0 Å².